The maximum atomic E-state index is 13.4. The first-order valence-corrected chi connectivity index (χ1v) is 10.9. The van der Waals surface area contributed by atoms with E-state index in [1.807, 2.05) is 60.7 Å². The number of benzene rings is 3. The van der Waals surface area contributed by atoms with Gasteiger partial charge in [0.2, 0.25) is 5.91 Å². The highest BCUT2D eigenvalue weighted by Gasteiger charge is 2.23. The van der Waals surface area contributed by atoms with E-state index in [0.29, 0.717) is 27.7 Å². The number of nitrogens with zero attached hydrogens (tertiary/aromatic N) is 3. The Bertz CT molecular complexity index is 1310. The van der Waals surface area contributed by atoms with Crippen LogP contribution in [0.25, 0.3) is 16.9 Å². The molecule has 172 valence electrons. The SMILES string of the molecule is COc1ccc(Cl)cc1NC(=O)CN(C)C(=O)c1cn(-c2ccccc2)nc1-c1ccccc1. The number of hydrogen-bond donors (Lipinski definition) is 1. The second-order valence-electron chi connectivity index (χ2n) is 7.59. The molecule has 1 N–H and O–H groups in total. The van der Waals surface area contributed by atoms with Crippen LogP contribution in [-0.2, 0) is 4.79 Å². The van der Waals surface area contributed by atoms with E-state index in [-0.39, 0.29) is 18.4 Å². The van der Waals surface area contributed by atoms with Gasteiger partial charge in [-0.25, -0.2) is 4.68 Å². The lowest BCUT2D eigenvalue weighted by Gasteiger charge is -2.17. The minimum atomic E-state index is -0.381. The average molecular weight is 475 g/mol. The van der Waals surface area contributed by atoms with Gasteiger partial charge in [0.15, 0.2) is 0 Å². The van der Waals surface area contributed by atoms with Crippen LogP contribution in [0.2, 0.25) is 5.02 Å². The molecule has 0 aliphatic carbocycles. The van der Waals surface area contributed by atoms with E-state index in [1.165, 1.54) is 12.0 Å². The zero-order valence-electron chi connectivity index (χ0n) is 18.7. The average Bonchev–Trinajstić information content (AvgIpc) is 3.30. The number of para-hydroxylation sites is 1. The van der Waals surface area contributed by atoms with Gasteiger partial charge in [0, 0.05) is 23.8 Å². The molecule has 2 amide bonds. The summed E-state index contributed by atoms with van der Waals surface area (Å²) in [5.41, 5.74) is 3.00. The molecule has 1 aromatic heterocycles. The molecule has 0 radical (unpaired) electrons. The van der Waals surface area contributed by atoms with Crippen molar-refractivity contribution in [1.29, 1.82) is 0 Å². The smallest absolute Gasteiger partial charge is 0.257 e. The molecule has 0 atom stereocenters. The molecule has 0 bridgehead atoms. The van der Waals surface area contributed by atoms with Crippen LogP contribution in [0, 0.1) is 0 Å². The highest BCUT2D eigenvalue weighted by atomic mass is 35.5. The molecule has 0 saturated heterocycles. The van der Waals surface area contributed by atoms with Crippen LogP contribution in [-0.4, -0.2) is 47.2 Å². The summed E-state index contributed by atoms with van der Waals surface area (Å²) in [6, 6.07) is 23.9. The summed E-state index contributed by atoms with van der Waals surface area (Å²) in [6.45, 7) is -0.167. The number of likely N-dealkylation sites (N-methyl/N-ethyl adjacent to an activating group) is 1. The third kappa shape index (κ3) is 5.10. The third-order valence-corrected chi connectivity index (χ3v) is 5.41. The van der Waals surface area contributed by atoms with Gasteiger partial charge in [-0.1, -0.05) is 60.1 Å². The van der Waals surface area contributed by atoms with Crippen molar-refractivity contribution in [2.75, 3.05) is 26.0 Å². The van der Waals surface area contributed by atoms with E-state index in [2.05, 4.69) is 10.4 Å². The van der Waals surface area contributed by atoms with Crippen LogP contribution in [0.4, 0.5) is 5.69 Å². The van der Waals surface area contributed by atoms with Gasteiger partial charge in [-0.3, -0.25) is 9.59 Å². The molecule has 4 aromatic rings. The normalized spacial score (nSPS) is 10.6. The maximum Gasteiger partial charge on any atom is 0.257 e. The minimum Gasteiger partial charge on any atom is -0.495 e. The topological polar surface area (TPSA) is 76.5 Å². The van der Waals surface area contributed by atoms with Gasteiger partial charge in [0.25, 0.3) is 5.91 Å². The van der Waals surface area contributed by atoms with E-state index >= 15 is 0 Å². The van der Waals surface area contributed by atoms with E-state index in [1.54, 1.807) is 36.1 Å². The van der Waals surface area contributed by atoms with E-state index in [0.717, 1.165) is 11.3 Å². The monoisotopic (exact) mass is 474 g/mol. The quantitative estimate of drug-likeness (QED) is 0.413. The number of carbonyl (C=O) groups is 2. The summed E-state index contributed by atoms with van der Waals surface area (Å²) in [5.74, 6) is -0.232. The Morgan fingerprint density at radius 1 is 1.03 bits per heavy atom. The molecule has 1 heterocycles. The molecule has 0 spiro atoms. The van der Waals surface area contributed by atoms with Crippen molar-refractivity contribution in [2.45, 2.75) is 0 Å². The number of anilines is 1. The van der Waals surface area contributed by atoms with Crippen molar-refractivity contribution >= 4 is 29.1 Å². The van der Waals surface area contributed by atoms with Crippen LogP contribution in [0.1, 0.15) is 10.4 Å². The Kier molecular flexibility index (Phi) is 6.94. The molecular formula is C26H23ClN4O3. The number of nitrogens with one attached hydrogen (secondary N) is 1. The first kappa shape index (κ1) is 23.1. The first-order chi connectivity index (χ1) is 16.5. The molecule has 0 unspecified atom stereocenters. The number of hydrogen-bond acceptors (Lipinski definition) is 4. The van der Waals surface area contributed by atoms with Crippen molar-refractivity contribution in [1.82, 2.24) is 14.7 Å². The summed E-state index contributed by atoms with van der Waals surface area (Å²) in [5, 5.41) is 7.88. The molecule has 0 saturated carbocycles. The second kappa shape index (κ2) is 10.2. The van der Waals surface area contributed by atoms with Crippen molar-refractivity contribution in [3.8, 4) is 22.7 Å². The largest absolute Gasteiger partial charge is 0.495 e. The Balaban J connectivity index is 1.58. The van der Waals surface area contributed by atoms with E-state index in [9.17, 15) is 9.59 Å². The van der Waals surface area contributed by atoms with Crippen molar-refractivity contribution < 1.29 is 14.3 Å². The van der Waals surface area contributed by atoms with Gasteiger partial charge >= 0.3 is 0 Å². The number of rotatable bonds is 7. The van der Waals surface area contributed by atoms with Crippen LogP contribution < -0.4 is 10.1 Å². The molecule has 0 aliphatic rings. The lowest BCUT2D eigenvalue weighted by Crippen LogP contribution is -2.35. The fourth-order valence-corrected chi connectivity index (χ4v) is 3.69. The highest BCUT2D eigenvalue weighted by molar-refractivity contribution is 6.31. The maximum absolute atomic E-state index is 13.4. The number of halogens is 1. The molecule has 0 aliphatic heterocycles. The van der Waals surface area contributed by atoms with Crippen molar-refractivity contribution in [3.05, 3.63) is 95.6 Å². The lowest BCUT2D eigenvalue weighted by molar-refractivity contribution is -0.116. The van der Waals surface area contributed by atoms with Crippen molar-refractivity contribution in [3.63, 3.8) is 0 Å². The van der Waals surface area contributed by atoms with Gasteiger partial charge in [-0.15, -0.1) is 0 Å². The first-order valence-electron chi connectivity index (χ1n) is 10.6. The summed E-state index contributed by atoms with van der Waals surface area (Å²) in [4.78, 5) is 27.4. The van der Waals surface area contributed by atoms with Crippen LogP contribution >= 0.6 is 11.6 Å². The Morgan fingerprint density at radius 2 is 1.71 bits per heavy atom. The van der Waals surface area contributed by atoms with Crippen LogP contribution in [0.5, 0.6) is 5.75 Å². The highest BCUT2D eigenvalue weighted by Crippen LogP contribution is 2.28. The van der Waals surface area contributed by atoms with Gasteiger partial charge in [0.1, 0.15) is 11.4 Å². The van der Waals surface area contributed by atoms with Gasteiger partial charge < -0.3 is 15.0 Å². The fraction of sp³-hybridized carbons (Fsp3) is 0.115. The molecule has 34 heavy (non-hydrogen) atoms. The van der Waals surface area contributed by atoms with Crippen molar-refractivity contribution in [2.24, 2.45) is 0 Å². The minimum absolute atomic E-state index is 0.167. The van der Waals surface area contributed by atoms with Crippen LogP contribution in [0.3, 0.4) is 0 Å². The van der Waals surface area contributed by atoms with E-state index < -0.39 is 0 Å². The summed E-state index contributed by atoms with van der Waals surface area (Å²) >= 11 is 6.04. The molecule has 7 nitrogen and oxygen atoms in total. The Hall–Kier alpha value is -4.10. The predicted octanol–water partition coefficient (Wildman–Crippen LogP) is 4.91. The molecule has 0 fully saturated rings. The zero-order chi connectivity index (χ0) is 24.1. The molecule has 3 aromatic carbocycles. The standard InChI is InChI=1S/C26H23ClN4O3/c1-30(17-24(32)28-22-15-19(27)13-14-23(22)34-2)26(33)21-16-31(20-11-7-4-8-12-20)29-25(21)18-9-5-3-6-10-18/h3-16H,17H2,1-2H3,(H,28,32). The van der Waals surface area contributed by atoms with Gasteiger partial charge in [0.05, 0.1) is 30.6 Å². The molecular weight excluding hydrogens is 452 g/mol. The number of methoxy groups -OCH3 is 1. The zero-order valence-corrected chi connectivity index (χ0v) is 19.5. The molecule has 4 rings (SSSR count). The fourth-order valence-electron chi connectivity index (χ4n) is 3.51. The lowest BCUT2D eigenvalue weighted by atomic mass is 10.1. The summed E-state index contributed by atoms with van der Waals surface area (Å²) < 4.78 is 6.93. The van der Waals surface area contributed by atoms with Crippen LogP contribution in [0.15, 0.2) is 85.1 Å². The summed E-state index contributed by atoms with van der Waals surface area (Å²) in [7, 11) is 3.08. The summed E-state index contributed by atoms with van der Waals surface area (Å²) in [6.07, 6.45) is 1.69. The predicted molar refractivity (Wildman–Crippen MR) is 133 cm³/mol. The number of carbonyl (C=O) groups excluding carboxylic acids is 2. The Labute approximate surface area is 202 Å². The van der Waals surface area contributed by atoms with Gasteiger partial charge in [-0.05, 0) is 30.3 Å². The number of amides is 2. The van der Waals surface area contributed by atoms with E-state index in [4.69, 9.17) is 16.3 Å². The second-order valence-corrected chi connectivity index (χ2v) is 8.03. The third-order valence-electron chi connectivity index (χ3n) is 5.18. The number of ether oxygens (including phenoxy) is 1. The molecule has 8 heteroatoms. The number of aromatic nitrogens is 2. The Morgan fingerprint density at radius 3 is 2.38 bits per heavy atom. The van der Waals surface area contributed by atoms with Gasteiger partial charge in [-0.2, -0.15) is 5.10 Å².